The van der Waals surface area contributed by atoms with E-state index in [1.54, 1.807) is 6.26 Å². The molecule has 0 radical (unpaired) electrons. The van der Waals surface area contributed by atoms with Gasteiger partial charge in [0.15, 0.2) is 5.96 Å². The normalized spacial score (nSPS) is 15.3. The molecule has 4 rings (SSSR count). The molecule has 0 saturated carbocycles. The molecule has 1 N–H and O–H groups in total. The minimum Gasteiger partial charge on any atom is -0.364 e. The van der Waals surface area contributed by atoms with Crippen LogP contribution in [0.2, 0.25) is 0 Å². The third kappa shape index (κ3) is 5.45. The van der Waals surface area contributed by atoms with Crippen LogP contribution in [-0.2, 0) is 13.1 Å². The Kier molecular flexibility index (Phi) is 7.82. The van der Waals surface area contributed by atoms with Crippen molar-refractivity contribution in [2.24, 2.45) is 4.99 Å². The number of aromatic nitrogens is 2. The van der Waals surface area contributed by atoms with E-state index in [9.17, 15) is 0 Å². The lowest BCUT2D eigenvalue weighted by atomic mass is 10.1. The number of fused-ring (bicyclic) bond motifs is 1. The van der Waals surface area contributed by atoms with Gasteiger partial charge in [-0.3, -0.25) is 9.88 Å². The molecule has 1 aliphatic rings. The van der Waals surface area contributed by atoms with Crippen molar-refractivity contribution < 1.29 is 4.52 Å². The average molecular weight is 506 g/mol. The van der Waals surface area contributed by atoms with Crippen molar-refractivity contribution in [3.63, 3.8) is 0 Å². The maximum atomic E-state index is 4.93. The quantitative estimate of drug-likeness (QED) is 0.326. The number of halogens is 1. The largest absolute Gasteiger partial charge is 0.364 e. The molecule has 0 atom stereocenters. The van der Waals surface area contributed by atoms with Crippen LogP contribution in [-0.4, -0.2) is 58.6 Å². The molecule has 29 heavy (non-hydrogen) atoms. The fourth-order valence-electron chi connectivity index (χ4n) is 3.55. The van der Waals surface area contributed by atoms with Gasteiger partial charge in [0, 0.05) is 56.9 Å². The minimum atomic E-state index is 0. The number of nitrogens with one attached hydrogen (secondary N) is 1. The summed E-state index contributed by atoms with van der Waals surface area (Å²) in [4.78, 5) is 14.2. The van der Waals surface area contributed by atoms with E-state index in [2.05, 4.69) is 56.4 Å². The van der Waals surface area contributed by atoms with Crippen LogP contribution in [0.4, 0.5) is 0 Å². The van der Waals surface area contributed by atoms with Gasteiger partial charge in [-0.05, 0) is 18.4 Å². The molecular weight excluding hydrogens is 479 g/mol. The second-order valence-corrected chi connectivity index (χ2v) is 6.90. The zero-order chi connectivity index (χ0) is 19.2. The van der Waals surface area contributed by atoms with Gasteiger partial charge in [-0.25, -0.2) is 4.99 Å². The van der Waals surface area contributed by atoms with Crippen LogP contribution in [0, 0.1) is 0 Å². The van der Waals surface area contributed by atoms with Gasteiger partial charge in [-0.15, -0.1) is 24.0 Å². The second-order valence-electron chi connectivity index (χ2n) is 6.90. The molecule has 1 aromatic carbocycles. The van der Waals surface area contributed by atoms with E-state index in [4.69, 9.17) is 9.52 Å². The number of nitrogens with zero attached hydrogens (tertiary/aromatic N) is 5. The van der Waals surface area contributed by atoms with Crippen LogP contribution < -0.4 is 5.32 Å². The Hall–Kier alpha value is -2.20. The number of benzene rings is 1. The minimum absolute atomic E-state index is 0. The third-order valence-corrected chi connectivity index (χ3v) is 5.02. The van der Waals surface area contributed by atoms with Crippen molar-refractivity contribution in [1.29, 1.82) is 0 Å². The molecule has 0 unspecified atom stereocenters. The zero-order valence-electron chi connectivity index (χ0n) is 16.6. The van der Waals surface area contributed by atoms with Gasteiger partial charge in [0.05, 0.1) is 17.9 Å². The Morgan fingerprint density at radius 3 is 2.72 bits per heavy atom. The molecule has 0 spiro atoms. The highest BCUT2D eigenvalue weighted by Crippen LogP contribution is 2.17. The smallest absolute Gasteiger partial charge is 0.194 e. The van der Waals surface area contributed by atoms with Gasteiger partial charge >= 0.3 is 0 Å². The lowest BCUT2D eigenvalue weighted by Crippen LogP contribution is -2.52. The Labute approximate surface area is 188 Å². The first-order valence-electron chi connectivity index (χ1n) is 9.81. The van der Waals surface area contributed by atoms with Crippen LogP contribution in [0.3, 0.4) is 0 Å². The topological polar surface area (TPSA) is 69.8 Å². The summed E-state index contributed by atoms with van der Waals surface area (Å²) in [5, 5.41) is 9.81. The number of piperazine rings is 1. The molecule has 2 aromatic heterocycles. The van der Waals surface area contributed by atoms with E-state index in [1.807, 2.05) is 18.3 Å². The Morgan fingerprint density at radius 1 is 1.14 bits per heavy atom. The maximum Gasteiger partial charge on any atom is 0.194 e. The van der Waals surface area contributed by atoms with Crippen molar-refractivity contribution in [2.45, 2.75) is 20.0 Å². The summed E-state index contributed by atoms with van der Waals surface area (Å²) >= 11 is 0. The number of pyridine rings is 1. The van der Waals surface area contributed by atoms with Crippen molar-refractivity contribution in [2.75, 3.05) is 32.7 Å². The van der Waals surface area contributed by atoms with Crippen LogP contribution in [0.1, 0.15) is 18.3 Å². The van der Waals surface area contributed by atoms with Crippen LogP contribution in [0.25, 0.3) is 10.8 Å². The van der Waals surface area contributed by atoms with Crippen molar-refractivity contribution in [3.05, 3.63) is 60.2 Å². The molecule has 3 aromatic rings. The first kappa shape index (κ1) is 21.5. The van der Waals surface area contributed by atoms with Crippen molar-refractivity contribution in [3.8, 4) is 0 Å². The molecule has 0 aliphatic carbocycles. The van der Waals surface area contributed by atoms with E-state index < -0.39 is 0 Å². The average Bonchev–Trinajstić information content (AvgIpc) is 3.25. The first-order chi connectivity index (χ1) is 13.8. The van der Waals surface area contributed by atoms with Gasteiger partial charge < -0.3 is 14.7 Å². The second kappa shape index (κ2) is 10.5. The Morgan fingerprint density at radius 2 is 1.97 bits per heavy atom. The summed E-state index contributed by atoms with van der Waals surface area (Å²) < 4.78 is 4.93. The number of rotatable bonds is 5. The highest BCUT2D eigenvalue weighted by Gasteiger charge is 2.20. The van der Waals surface area contributed by atoms with Crippen LogP contribution in [0.15, 0.2) is 58.4 Å². The van der Waals surface area contributed by atoms with E-state index in [-0.39, 0.29) is 24.0 Å². The van der Waals surface area contributed by atoms with Gasteiger partial charge in [0.25, 0.3) is 0 Å². The molecule has 7 nitrogen and oxygen atoms in total. The van der Waals surface area contributed by atoms with E-state index >= 15 is 0 Å². The zero-order valence-corrected chi connectivity index (χ0v) is 19.0. The number of aliphatic imine (C=N–C) groups is 1. The molecule has 0 amide bonds. The molecule has 3 heterocycles. The molecule has 0 bridgehead atoms. The predicted molar refractivity (Wildman–Crippen MR) is 125 cm³/mol. The highest BCUT2D eigenvalue weighted by molar-refractivity contribution is 14.0. The molecular formula is C21H27IN6O. The molecule has 1 aliphatic heterocycles. The fourth-order valence-corrected chi connectivity index (χ4v) is 3.55. The lowest BCUT2D eigenvalue weighted by molar-refractivity contribution is 0.169. The summed E-state index contributed by atoms with van der Waals surface area (Å²) in [6, 6.07) is 12.3. The van der Waals surface area contributed by atoms with E-state index in [0.717, 1.165) is 56.6 Å². The highest BCUT2D eigenvalue weighted by atomic mass is 127. The van der Waals surface area contributed by atoms with Crippen molar-refractivity contribution >= 4 is 40.7 Å². The summed E-state index contributed by atoms with van der Waals surface area (Å²) in [5.74, 6) is 0.957. The first-order valence-corrected chi connectivity index (χ1v) is 9.81. The third-order valence-electron chi connectivity index (χ3n) is 5.02. The maximum absolute atomic E-state index is 4.93. The van der Waals surface area contributed by atoms with Gasteiger partial charge in [-0.1, -0.05) is 29.4 Å². The predicted octanol–water partition coefficient (Wildman–Crippen LogP) is 3.12. The molecule has 1 fully saturated rings. The standard InChI is InChI=1S/C21H26N6O.HI/c1-2-22-21(24-15-20-19-6-4-3-5-17(19)7-9-23-20)27-12-10-26(11-13-27)16-18-8-14-28-25-18;/h3-9,14H,2,10-13,15-16H2,1H3,(H,22,24);1H. The van der Waals surface area contributed by atoms with Gasteiger partial charge in [-0.2, -0.15) is 0 Å². The van der Waals surface area contributed by atoms with E-state index in [1.165, 1.54) is 10.8 Å². The summed E-state index contributed by atoms with van der Waals surface area (Å²) in [6.45, 7) is 8.18. The summed E-state index contributed by atoms with van der Waals surface area (Å²) in [6.07, 6.45) is 3.49. The molecule has 154 valence electrons. The Bertz CT molecular complexity index is 917. The van der Waals surface area contributed by atoms with Crippen LogP contribution >= 0.6 is 24.0 Å². The Balaban J connectivity index is 0.00000240. The molecule has 1 saturated heterocycles. The number of hydrogen-bond donors (Lipinski definition) is 1. The van der Waals surface area contributed by atoms with E-state index in [0.29, 0.717) is 6.54 Å². The van der Waals surface area contributed by atoms with Crippen LogP contribution in [0.5, 0.6) is 0 Å². The molecule has 8 heteroatoms. The van der Waals surface area contributed by atoms with Crippen molar-refractivity contribution in [1.82, 2.24) is 25.3 Å². The number of hydrogen-bond acceptors (Lipinski definition) is 5. The SMILES string of the molecule is CCNC(=NCc1nccc2ccccc12)N1CCN(Cc2ccon2)CC1.I. The fraction of sp³-hybridized carbons (Fsp3) is 0.381. The van der Waals surface area contributed by atoms with Gasteiger partial charge in [0.2, 0.25) is 0 Å². The summed E-state index contributed by atoms with van der Waals surface area (Å²) in [7, 11) is 0. The lowest BCUT2D eigenvalue weighted by Gasteiger charge is -2.36. The summed E-state index contributed by atoms with van der Waals surface area (Å²) in [5.41, 5.74) is 1.99. The number of guanidine groups is 1. The van der Waals surface area contributed by atoms with Gasteiger partial charge in [0.1, 0.15) is 6.26 Å². The monoisotopic (exact) mass is 506 g/mol.